The molecule has 2 aromatic heterocycles. The SMILES string of the molecule is CCn1c(SCCOc2ccccc2F)nc2ccsc2c1=O. The summed E-state index contributed by atoms with van der Waals surface area (Å²) in [5.74, 6) is 0.444. The first-order valence-electron chi connectivity index (χ1n) is 7.19. The summed E-state index contributed by atoms with van der Waals surface area (Å²) in [5.41, 5.74) is 0.715. The van der Waals surface area contributed by atoms with E-state index >= 15 is 0 Å². The molecule has 0 amide bonds. The van der Waals surface area contributed by atoms with Gasteiger partial charge in [0.1, 0.15) is 4.70 Å². The number of para-hydroxylation sites is 1. The summed E-state index contributed by atoms with van der Waals surface area (Å²) in [7, 11) is 0. The summed E-state index contributed by atoms with van der Waals surface area (Å²) in [6.07, 6.45) is 0. The number of ether oxygens (including phenoxy) is 1. The van der Waals surface area contributed by atoms with Crippen LogP contribution in [0.15, 0.2) is 45.7 Å². The van der Waals surface area contributed by atoms with Crippen LogP contribution >= 0.6 is 23.1 Å². The van der Waals surface area contributed by atoms with Crippen LogP contribution < -0.4 is 10.3 Å². The number of thioether (sulfide) groups is 1. The van der Waals surface area contributed by atoms with Gasteiger partial charge >= 0.3 is 0 Å². The van der Waals surface area contributed by atoms with Gasteiger partial charge in [-0.05, 0) is 30.5 Å². The fraction of sp³-hybridized carbons (Fsp3) is 0.250. The molecule has 7 heteroatoms. The summed E-state index contributed by atoms with van der Waals surface area (Å²) < 4.78 is 21.2. The van der Waals surface area contributed by atoms with Crippen LogP contribution in [0, 0.1) is 5.82 Å². The highest BCUT2D eigenvalue weighted by molar-refractivity contribution is 7.99. The molecule has 0 aliphatic carbocycles. The van der Waals surface area contributed by atoms with Crippen LogP contribution in [-0.4, -0.2) is 21.9 Å². The van der Waals surface area contributed by atoms with E-state index in [1.165, 1.54) is 29.2 Å². The Hall–Kier alpha value is -1.86. The Morgan fingerprint density at radius 2 is 2.17 bits per heavy atom. The highest BCUT2D eigenvalue weighted by Gasteiger charge is 2.11. The molecule has 0 N–H and O–H groups in total. The van der Waals surface area contributed by atoms with Crippen molar-refractivity contribution in [2.45, 2.75) is 18.6 Å². The van der Waals surface area contributed by atoms with E-state index in [-0.39, 0.29) is 17.1 Å². The van der Waals surface area contributed by atoms with Crippen molar-refractivity contribution in [3.05, 3.63) is 51.9 Å². The molecule has 1 aromatic carbocycles. The van der Waals surface area contributed by atoms with Gasteiger partial charge < -0.3 is 4.74 Å². The molecule has 3 rings (SSSR count). The lowest BCUT2D eigenvalue weighted by Gasteiger charge is -2.10. The Kier molecular flexibility index (Phi) is 4.97. The normalized spacial score (nSPS) is 11.0. The maximum atomic E-state index is 13.5. The van der Waals surface area contributed by atoms with Crippen LogP contribution in [0.3, 0.4) is 0 Å². The Labute approximate surface area is 140 Å². The molecule has 0 radical (unpaired) electrons. The number of fused-ring (bicyclic) bond motifs is 1. The van der Waals surface area contributed by atoms with Gasteiger partial charge in [0.25, 0.3) is 5.56 Å². The maximum Gasteiger partial charge on any atom is 0.272 e. The van der Waals surface area contributed by atoms with Crippen LogP contribution in [0.5, 0.6) is 5.75 Å². The van der Waals surface area contributed by atoms with Gasteiger partial charge in [-0.25, -0.2) is 9.37 Å². The number of thiophene rings is 1. The first-order valence-corrected chi connectivity index (χ1v) is 9.05. The number of hydrogen-bond acceptors (Lipinski definition) is 5. The molecule has 3 aromatic rings. The Morgan fingerprint density at radius 3 is 2.96 bits per heavy atom. The molecular weight excluding hydrogens is 335 g/mol. The van der Waals surface area contributed by atoms with Crippen molar-refractivity contribution in [1.82, 2.24) is 9.55 Å². The molecule has 0 bridgehead atoms. The third-order valence-corrected chi connectivity index (χ3v) is 5.09. The van der Waals surface area contributed by atoms with Gasteiger partial charge in [0.05, 0.1) is 12.1 Å². The van der Waals surface area contributed by atoms with Gasteiger partial charge in [0.2, 0.25) is 0 Å². The highest BCUT2D eigenvalue weighted by Crippen LogP contribution is 2.21. The minimum absolute atomic E-state index is 0.00924. The second-order valence-corrected chi connectivity index (χ2v) is 6.68. The summed E-state index contributed by atoms with van der Waals surface area (Å²) >= 11 is 2.85. The fourth-order valence-corrected chi connectivity index (χ4v) is 3.82. The van der Waals surface area contributed by atoms with Gasteiger partial charge in [0.15, 0.2) is 16.7 Å². The van der Waals surface area contributed by atoms with Gasteiger partial charge in [-0.3, -0.25) is 9.36 Å². The van der Waals surface area contributed by atoms with Crippen molar-refractivity contribution in [3.63, 3.8) is 0 Å². The largest absolute Gasteiger partial charge is 0.490 e. The van der Waals surface area contributed by atoms with Crippen molar-refractivity contribution < 1.29 is 9.13 Å². The van der Waals surface area contributed by atoms with Crippen molar-refractivity contribution in [3.8, 4) is 5.75 Å². The van der Waals surface area contributed by atoms with Crippen molar-refractivity contribution in [1.29, 1.82) is 0 Å². The summed E-state index contributed by atoms with van der Waals surface area (Å²) in [6, 6.07) is 8.16. The molecular formula is C16H15FN2O2S2. The van der Waals surface area contributed by atoms with Crippen LogP contribution in [0.25, 0.3) is 10.2 Å². The number of nitrogens with zero attached hydrogens (tertiary/aromatic N) is 2. The molecule has 0 atom stereocenters. The standard InChI is InChI=1S/C16H15FN2O2S2/c1-2-19-15(20)14-12(7-9-22-14)18-16(19)23-10-8-21-13-6-4-3-5-11(13)17/h3-7,9H,2,8,10H2,1H3. The number of halogens is 1. The fourth-order valence-electron chi connectivity index (χ4n) is 2.16. The van der Waals surface area contributed by atoms with Gasteiger partial charge in [-0.15, -0.1) is 11.3 Å². The summed E-state index contributed by atoms with van der Waals surface area (Å²) in [6.45, 7) is 2.82. The molecule has 23 heavy (non-hydrogen) atoms. The number of aromatic nitrogens is 2. The van der Waals surface area contributed by atoms with E-state index in [0.717, 1.165) is 5.52 Å². The van der Waals surface area contributed by atoms with Crippen molar-refractivity contribution in [2.75, 3.05) is 12.4 Å². The third kappa shape index (κ3) is 3.40. The van der Waals surface area contributed by atoms with E-state index in [1.54, 1.807) is 22.8 Å². The molecule has 0 spiro atoms. The second-order valence-electron chi connectivity index (χ2n) is 4.71. The van der Waals surface area contributed by atoms with Gasteiger partial charge in [0, 0.05) is 12.3 Å². The molecule has 120 valence electrons. The van der Waals surface area contributed by atoms with E-state index in [9.17, 15) is 9.18 Å². The smallest absolute Gasteiger partial charge is 0.272 e. The first kappa shape index (κ1) is 16.0. The number of rotatable bonds is 6. The van der Waals surface area contributed by atoms with E-state index in [1.807, 2.05) is 18.4 Å². The van der Waals surface area contributed by atoms with Crippen LogP contribution in [-0.2, 0) is 6.54 Å². The van der Waals surface area contributed by atoms with E-state index in [2.05, 4.69) is 4.98 Å². The molecule has 0 saturated carbocycles. The number of hydrogen-bond donors (Lipinski definition) is 0. The zero-order valence-corrected chi connectivity index (χ0v) is 14.1. The third-order valence-electron chi connectivity index (χ3n) is 3.26. The van der Waals surface area contributed by atoms with Crippen molar-refractivity contribution in [2.24, 2.45) is 0 Å². The van der Waals surface area contributed by atoms with Crippen LogP contribution in [0.4, 0.5) is 4.39 Å². The Morgan fingerprint density at radius 1 is 1.35 bits per heavy atom. The summed E-state index contributed by atoms with van der Waals surface area (Å²) in [5, 5.41) is 2.54. The average molecular weight is 350 g/mol. The lowest BCUT2D eigenvalue weighted by atomic mass is 10.3. The monoisotopic (exact) mass is 350 g/mol. The molecule has 0 aliphatic heterocycles. The predicted octanol–water partition coefficient (Wildman–Crippen LogP) is 3.79. The molecule has 0 saturated heterocycles. The number of benzene rings is 1. The molecule has 4 nitrogen and oxygen atoms in total. The topological polar surface area (TPSA) is 44.1 Å². The lowest BCUT2D eigenvalue weighted by Crippen LogP contribution is -2.21. The average Bonchev–Trinajstić information content (AvgIpc) is 3.02. The van der Waals surface area contributed by atoms with Crippen molar-refractivity contribution >= 4 is 33.3 Å². The lowest BCUT2D eigenvalue weighted by molar-refractivity contribution is 0.324. The van der Waals surface area contributed by atoms with Crippen LogP contribution in [0.2, 0.25) is 0 Å². The molecule has 2 heterocycles. The van der Waals surface area contributed by atoms with Gasteiger partial charge in [-0.2, -0.15) is 0 Å². The maximum absolute atomic E-state index is 13.5. The predicted molar refractivity (Wildman–Crippen MR) is 92.2 cm³/mol. The minimum Gasteiger partial charge on any atom is -0.490 e. The van der Waals surface area contributed by atoms with E-state index in [4.69, 9.17) is 4.74 Å². The van der Waals surface area contributed by atoms with E-state index < -0.39 is 0 Å². The molecule has 0 aliphatic rings. The second kappa shape index (κ2) is 7.14. The molecule has 0 fully saturated rings. The highest BCUT2D eigenvalue weighted by atomic mass is 32.2. The van der Waals surface area contributed by atoms with E-state index in [0.29, 0.717) is 28.8 Å². The van der Waals surface area contributed by atoms with Gasteiger partial charge in [-0.1, -0.05) is 23.9 Å². The Balaban J connectivity index is 1.70. The molecule has 0 unspecified atom stereocenters. The van der Waals surface area contributed by atoms with Crippen LogP contribution in [0.1, 0.15) is 6.92 Å². The zero-order valence-electron chi connectivity index (χ0n) is 12.5. The Bertz CT molecular complexity index is 876. The minimum atomic E-state index is -0.374. The first-order chi connectivity index (χ1) is 11.2. The zero-order chi connectivity index (χ0) is 16.2. The summed E-state index contributed by atoms with van der Waals surface area (Å²) in [4.78, 5) is 16.9. The quantitative estimate of drug-likeness (QED) is 0.385.